The van der Waals surface area contributed by atoms with Crippen LogP contribution in [0.25, 0.3) is 0 Å². The second-order valence-electron chi connectivity index (χ2n) is 12.8. The van der Waals surface area contributed by atoms with Crippen LogP contribution in [0, 0.1) is 11.8 Å². The molecular weight excluding hydrogens is 596 g/mol. The number of carbonyl (C=O) groups is 6. The average Bonchev–Trinajstić information content (AvgIpc) is 2.93. The van der Waals surface area contributed by atoms with E-state index in [1.165, 1.54) is 18.2 Å². The molecule has 1 aromatic carbocycles. The van der Waals surface area contributed by atoms with Crippen molar-refractivity contribution in [1.82, 2.24) is 0 Å². The Hall–Kier alpha value is -4.02. The first-order valence-electron chi connectivity index (χ1n) is 15.8. The summed E-state index contributed by atoms with van der Waals surface area (Å²) in [5.74, 6) is -8.52. The summed E-state index contributed by atoms with van der Waals surface area (Å²) in [6.45, 7) is 15.6. The summed E-state index contributed by atoms with van der Waals surface area (Å²) in [6.07, 6.45) is 3.35. The number of ketones is 2. The molecule has 1 atom stereocenters. The van der Waals surface area contributed by atoms with E-state index in [4.69, 9.17) is 14.2 Å². The first kappa shape index (κ1) is 40.0. The quantitative estimate of drug-likeness (QED) is 0.0354. The van der Waals surface area contributed by atoms with E-state index >= 15 is 0 Å². The molecule has 0 radical (unpaired) electrons. The Morgan fingerprint density at radius 1 is 0.826 bits per heavy atom. The Labute approximate surface area is 271 Å². The van der Waals surface area contributed by atoms with Crippen molar-refractivity contribution in [1.29, 1.82) is 0 Å². The lowest BCUT2D eigenvalue weighted by Crippen LogP contribution is -2.46. The van der Waals surface area contributed by atoms with Crippen LogP contribution >= 0.6 is 0 Å². The van der Waals surface area contributed by atoms with Crippen LogP contribution < -0.4 is 4.74 Å². The van der Waals surface area contributed by atoms with Gasteiger partial charge < -0.3 is 24.4 Å². The standard InChI is InChI=1S/C35H50O11/c1-9-11-12-13-14-16-27(36)24-17-18-28(26(19-24)31(41)22(3)4)44-32(42)25(15-10-2)33(43)46-35(20-29(37)38,21-30(39)40)23(5)45-34(6,7)8/h17-19,22,25H,5,9-16,20-21H2,1-4,6-8H3,(H,37,38)(H,39,40). The van der Waals surface area contributed by atoms with Crippen LogP contribution in [-0.2, 0) is 28.7 Å². The van der Waals surface area contributed by atoms with Crippen LogP contribution in [0.15, 0.2) is 30.5 Å². The lowest BCUT2D eigenvalue weighted by atomic mass is 9.91. The topological polar surface area (TPSA) is 171 Å². The lowest BCUT2D eigenvalue weighted by molar-refractivity contribution is -0.178. The second-order valence-corrected chi connectivity index (χ2v) is 12.8. The molecule has 0 amide bonds. The first-order chi connectivity index (χ1) is 21.4. The van der Waals surface area contributed by atoms with Crippen molar-refractivity contribution in [3.05, 3.63) is 41.7 Å². The Morgan fingerprint density at radius 2 is 1.41 bits per heavy atom. The molecule has 0 spiro atoms. The number of carboxylic acid groups (broad SMARTS) is 2. The Morgan fingerprint density at radius 3 is 1.91 bits per heavy atom. The van der Waals surface area contributed by atoms with Gasteiger partial charge in [-0.3, -0.25) is 28.8 Å². The van der Waals surface area contributed by atoms with Crippen molar-refractivity contribution in [2.75, 3.05) is 0 Å². The number of rotatable bonds is 21. The fourth-order valence-corrected chi connectivity index (χ4v) is 4.73. The molecule has 11 heteroatoms. The van der Waals surface area contributed by atoms with Crippen LogP contribution in [0.4, 0.5) is 0 Å². The largest absolute Gasteiger partial charge is 0.489 e. The molecule has 46 heavy (non-hydrogen) atoms. The highest BCUT2D eigenvalue weighted by Crippen LogP contribution is 2.35. The molecule has 0 fully saturated rings. The second kappa shape index (κ2) is 18.2. The zero-order valence-electron chi connectivity index (χ0n) is 28.2. The molecule has 1 rings (SSSR count). The van der Waals surface area contributed by atoms with Gasteiger partial charge in [-0.15, -0.1) is 0 Å². The van der Waals surface area contributed by atoms with E-state index in [0.717, 1.165) is 25.7 Å². The van der Waals surface area contributed by atoms with Crippen LogP contribution in [0.1, 0.15) is 133 Å². The van der Waals surface area contributed by atoms with E-state index in [0.29, 0.717) is 24.8 Å². The van der Waals surface area contributed by atoms with E-state index in [1.54, 1.807) is 41.5 Å². The number of aliphatic carboxylic acids is 2. The third-order valence-electron chi connectivity index (χ3n) is 7.06. The maximum Gasteiger partial charge on any atom is 0.325 e. The lowest BCUT2D eigenvalue weighted by Gasteiger charge is -2.36. The Balaban J connectivity index is 3.43. The molecule has 0 aliphatic heterocycles. The summed E-state index contributed by atoms with van der Waals surface area (Å²) in [5.41, 5.74) is -2.99. The van der Waals surface area contributed by atoms with E-state index < -0.39 is 65.5 Å². The summed E-state index contributed by atoms with van der Waals surface area (Å²) in [6, 6.07) is 4.19. The van der Waals surface area contributed by atoms with Gasteiger partial charge in [0.25, 0.3) is 0 Å². The Kier molecular flexibility index (Phi) is 15.8. The van der Waals surface area contributed by atoms with Crippen LogP contribution in [0.5, 0.6) is 5.75 Å². The van der Waals surface area contributed by atoms with Crippen LogP contribution in [-0.4, -0.2) is 56.9 Å². The number of esters is 2. The van der Waals surface area contributed by atoms with Crippen molar-refractivity contribution in [2.24, 2.45) is 11.8 Å². The van der Waals surface area contributed by atoms with Gasteiger partial charge in [0, 0.05) is 17.9 Å². The molecule has 2 N–H and O–H groups in total. The van der Waals surface area contributed by atoms with Crippen molar-refractivity contribution in [3.8, 4) is 5.75 Å². The summed E-state index contributed by atoms with van der Waals surface area (Å²) >= 11 is 0. The van der Waals surface area contributed by atoms with Gasteiger partial charge in [-0.25, -0.2) is 0 Å². The number of hydrogen-bond donors (Lipinski definition) is 2. The normalized spacial score (nSPS) is 12.3. The van der Waals surface area contributed by atoms with Gasteiger partial charge in [0.15, 0.2) is 23.1 Å². The van der Waals surface area contributed by atoms with Gasteiger partial charge in [-0.2, -0.15) is 0 Å². The molecule has 0 saturated carbocycles. The maximum absolute atomic E-state index is 13.5. The van der Waals surface area contributed by atoms with E-state index in [2.05, 4.69) is 13.5 Å². The summed E-state index contributed by atoms with van der Waals surface area (Å²) in [7, 11) is 0. The zero-order chi connectivity index (χ0) is 35.2. The minimum atomic E-state index is -2.34. The number of Topliss-reactive ketones (excluding diaryl/α,β-unsaturated/α-hetero) is 2. The minimum absolute atomic E-state index is 0.00172. The number of unbranched alkanes of at least 4 members (excludes halogenated alkanes) is 4. The smallest absolute Gasteiger partial charge is 0.325 e. The first-order valence-corrected chi connectivity index (χ1v) is 15.8. The van der Waals surface area contributed by atoms with Crippen molar-refractivity contribution in [2.45, 2.75) is 124 Å². The van der Waals surface area contributed by atoms with Crippen LogP contribution in [0.3, 0.4) is 0 Å². The van der Waals surface area contributed by atoms with E-state index in [-0.39, 0.29) is 29.3 Å². The van der Waals surface area contributed by atoms with Crippen LogP contribution in [0.2, 0.25) is 0 Å². The highest BCUT2D eigenvalue weighted by molar-refractivity contribution is 6.05. The van der Waals surface area contributed by atoms with E-state index in [9.17, 15) is 39.0 Å². The SMILES string of the molecule is C=C(OC(C)(C)C)C(CC(=O)O)(CC(=O)O)OC(=O)C(CCC)C(=O)Oc1ccc(C(=O)CCCCCCC)cc1C(=O)C(C)C. The van der Waals surface area contributed by atoms with Gasteiger partial charge in [0.1, 0.15) is 17.1 Å². The molecule has 1 aromatic rings. The summed E-state index contributed by atoms with van der Waals surface area (Å²) < 4.78 is 16.8. The van der Waals surface area contributed by atoms with Crippen molar-refractivity contribution >= 4 is 35.4 Å². The molecule has 256 valence electrons. The molecule has 0 aliphatic carbocycles. The van der Waals surface area contributed by atoms with Gasteiger partial charge in [0.2, 0.25) is 0 Å². The van der Waals surface area contributed by atoms with Crippen molar-refractivity contribution in [3.63, 3.8) is 0 Å². The van der Waals surface area contributed by atoms with Gasteiger partial charge >= 0.3 is 23.9 Å². The maximum atomic E-state index is 13.5. The number of benzene rings is 1. The third-order valence-corrected chi connectivity index (χ3v) is 7.06. The fraction of sp³-hybridized carbons (Fsp3) is 0.600. The van der Waals surface area contributed by atoms with Gasteiger partial charge in [-0.05, 0) is 51.8 Å². The number of carboxylic acids is 2. The predicted molar refractivity (Wildman–Crippen MR) is 171 cm³/mol. The third kappa shape index (κ3) is 12.8. The minimum Gasteiger partial charge on any atom is -0.489 e. The van der Waals surface area contributed by atoms with Gasteiger partial charge in [-0.1, -0.05) is 66.4 Å². The zero-order valence-corrected chi connectivity index (χ0v) is 28.2. The average molecular weight is 647 g/mol. The van der Waals surface area contributed by atoms with Gasteiger partial charge in [0.05, 0.1) is 18.4 Å². The predicted octanol–water partition coefficient (Wildman–Crippen LogP) is 6.95. The van der Waals surface area contributed by atoms with E-state index in [1.807, 2.05) is 0 Å². The Bertz CT molecular complexity index is 1250. The fourth-order valence-electron chi connectivity index (χ4n) is 4.73. The molecule has 0 saturated heterocycles. The number of carbonyl (C=O) groups excluding carboxylic acids is 4. The molecule has 11 nitrogen and oxygen atoms in total. The molecular formula is C35H50O11. The number of ether oxygens (including phenoxy) is 3. The molecule has 0 aromatic heterocycles. The molecule has 0 bridgehead atoms. The molecule has 0 heterocycles. The summed E-state index contributed by atoms with van der Waals surface area (Å²) in [5, 5.41) is 19.2. The monoisotopic (exact) mass is 646 g/mol. The molecule has 0 aliphatic rings. The molecule has 1 unspecified atom stereocenters. The summed E-state index contributed by atoms with van der Waals surface area (Å²) in [4.78, 5) is 76.7. The highest BCUT2D eigenvalue weighted by atomic mass is 16.6. The van der Waals surface area contributed by atoms with Crippen molar-refractivity contribution < 1.29 is 53.2 Å². The highest BCUT2D eigenvalue weighted by Gasteiger charge is 2.47. The number of hydrogen-bond acceptors (Lipinski definition) is 9.